The topological polar surface area (TPSA) is 34.1 Å². The van der Waals surface area contributed by atoms with Crippen molar-refractivity contribution in [3.05, 3.63) is 35.6 Å². The van der Waals surface area contributed by atoms with Gasteiger partial charge in [-0.15, -0.1) is 0 Å². The van der Waals surface area contributed by atoms with Crippen LogP contribution < -0.4 is 0 Å². The van der Waals surface area contributed by atoms with Gasteiger partial charge >= 0.3 is 0 Å². The number of hydrogen-bond donors (Lipinski definition) is 1. The van der Waals surface area contributed by atoms with E-state index in [0.29, 0.717) is 0 Å². The minimum absolute atomic E-state index is 0.230. The average molecular weight is 188 g/mol. The van der Waals surface area contributed by atoms with Crippen molar-refractivity contribution < 1.29 is 12.8 Å². The molecule has 0 aliphatic carbocycles. The zero-order valence-electron chi connectivity index (χ0n) is 6.53. The lowest BCUT2D eigenvalue weighted by molar-refractivity contribution is 0.588. The lowest BCUT2D eigenvalue weighted by Crippen LogP contribution is -1.97. The maximum absolute atomic E-state index is 12.9. The van der Waals surface area contributed by atoms with E-state index in [-0.39, 0.29) is 5.56 Å². The van der Waals surface area contributed by atoms with Crippen molar-refractivity contribution in [1.82, 2.24) is 0 Å². The molecule has 1 aromatic rings. The molecule has 12 heavy (non-hydrogen) atoms. The summed E-state index contributed by atoms with van der Waals surface area (Å²) >= 11 is 0. The van der Waals surface area contributed by atoms with Crippen LogP contribution in [-0.2, 0) is 10.7 Å². The van der Waals surface area contributed by atoms with Crippen LogP contribution in [0.4, 0.5) is 4.39 Å². The minimum Gasteiger partial charge on any atom is -0.231 e. The van der Waals surface area contributed by atoms with Gasteiger partial charge in [-0.3, -0.25) is 0 Å². The van der Waals surface area contributed by atoms with Crippen LogP contribution in [0.5, 0.6) is 0 Å². The van der Waals surface area contributed by atoms with Crippen LogP contribution in [0.3, 0.4) is 0 Å². The standard InChI is InChI=1S/C8H9FO2S/c1-6(12(10)11)7-4-2-3-5-8(7)9/h2-6,12H,1H3. The SMILES string of the molecule is CC(c1ccccc1F)[SH](=O)=O. The van der Waals surface area contributed by atoms with Crippen LogP contribution in [0.15, 0.2) is 24.3 Å². The van der Waals surface area contributed by atoms with Gasteiger partial charge in [0.25, 0.3) is 0 Å². The summed E-state index contributed by atoms with van der Waals surface area (Å²) in [5, 5.41) is -0.749. The third-order valence-electron chi connectivity index (χ3n) is 1.67. The Bertz CT molecular complexity index is 339. The highest BCUT2D eigenvalue weighted by molar-refractivity contribution is 7.72. The first kappa shape index (κ1) is 9.19. The molecule has 4 heteroatoms. The highest BCUT2D eigenvalue weighted by Crippen LogP contribution is 2.18. The molecular formula is C8H9FO2S. The van der Waals surface area contributed by atoms with Crippen molar-refractivity contribution in [2.45, 2.75) is 12.2 Å². The molecule has 1 unspecified atom stereocenters. The molecule has 0 fully saturated rings. The van der Waals surface area contributed by atoms with Gasteiger partial charge in [0.05, 0.1) is 5.25 Å². The van der Waals surface area contributed by atoms with Gasteiger partial charge in [0.2, 0.25) is 0 Å². The molecule has 0 spiro atoms. The zero-order chi connectivity index (χ0) is 9.14. The molecule has 66 valence electrons. The van der Waals surface area contributed by atoms with Crippen molar-refractivity contribution in [3.63, 3.8) is 0 Å². The number of hydrogen-bond acceptors (Lipinski definition) is 2. The average Bonchev–Trinajstić information content (AvgIpc) is 2.04. The van der Waals surface area contributed by atoms with Gasteiger partial charge in [0.1, 0.15) is 16.5 Å². The second kappa shape index (κ2) is 3.67. The Balaban J connectivity index is 3.11. The maximum atomic E-state index is 12.9. The Labute approximate surface area is 72.0 Å². The summed E-state index contributed by atoms with van der Waals surface area (Å²) in [7, 11) is -2.59. The summed E-state index contributed by atoms with van der Waals surface area (Å²) in [4.78, 5) is 0. The molecule has 0 radical (unpaired) electrons. The molecule has 0 aromatic heterocycles. The monoisotopic (exact) mass is 188 g/mol. The molecule has 0 bridgehead atoms. The Kier molecular flexibility index (Phi) is 2.81. The van der Waals surface area contributed by atoms with E-state index in [1.54, 1.807) is 6.07 Å². The molecule has 0 heterocycles. The quantitative estimate of drug-likeness (QED) is 0.713. The molecule has 0 saturated carbocycles. The molecular weight excluding hydrogens is 179 g/mol. The van der Waals surface area contributed by atoms with Crippen LogP contribution >= 0.6 is 0 Å². The van der Waals surface area contributed by atoms with Gasteiger partial charge < -0.3 is 0 Å². The number of rotatable bonds is 2. The molecule has 1 rings (SSSR count). The summed E-state index contributed by atoms with van der Waals surface area (Å²) in [6, 6.07) is 5.88. The summed E-state index contributed by atoms with van der Waals surface area (Å²) in [6.45, 7) is 1.46. The highest BCUT2D eigenvalue weighted by Gasteiger charge is 2.11. The Morgan fingerprint density at radius 2 is 1.92 bits per heavy atom. The third kappa shape index (κ3) is 1.82. The number of thiol groups is 1. The Morgan fingerprint density at radius 3 is 2.42 bits per heavy atom. The molecule has 1 aromatic carbocycles. The van der Waals surface area contributed by atoms with Crippen molar-refractivity contribution in [2.75, 3.05) is 0 Å². The summed E-state index contributed by atoms with van der Waals surface area (Å²) in [6.07, 6.45) is 0. The maximum Gasteiger partial charge on any atom is 0.146 e. The molecule has 1 atom stereocenters. The van der Waals surface area contributed by atoms with Crippen molar-refractivity contribution in [1.29, 1.82) is 0 Å². The molecule has 0 N–H and O–H groups in total. The highest BCUT2D eigenvalue weighted by atomic mass is 32.2. The largest absolute Gasteiger partial charge is 0.231 e. The third-order valence-corrected chi connectivity index (χ3v) is 2.58. The summed E-state index contributed by atoms with van der Waals surface area (Å²) in [5.41, 5.74) is 0.230. The van der Waals surface area contributed by atoms with Gasteiger partial charge in [-0.2, -0.15) is 0 Å². The van der Waals surface area contributed by atoms with E-state index in [1.807, 2.05) is 0 Å². The molecule has 0 aliphatic heterocycles. The van der Waals surface area contributed by atoms with E-state index in [1.165, 1.54) is 25.1 Å². The fraction of sp³-hybridized carbons (Fsp3) is 0.250. The van der Waals surface area contributed by atoms with E-state index in [9.17, 15) is 12.8 Å². The summed E-state index contributed by atoms with van der Waals surface area (Å²) < 4.78 is 34.0. The van der Waals surface area contributed by atoms with Gasteiger partial charge in [-0.05, 0) is 13.0 Å². The van der Waals surface area contributed by atoms with Crippen molar-refractivity contribution >= 4 is 10.7 Å². The lowest BCUT2D eigenvalue weighted by Gasteiger charge is -2.04. The van der Waals surface area contributed by atoms with Gasteiger partial charge in [-0.1, -0.05) is 18.2 Å². The van der Waals surface area contributed by atoms with Gasteiger partial charge in [-0.25, -0.2) is 12.8 Å². The Hall–Kier alpha value is -0.900. The van der Waals surface area contributed by atoms with Gasteiger partial charge in [0, 0.05) is 5.56 Å². The Morgan fingerprint density at radius 1 is 1.33 bits per heavy atom. The predicted octanol–water partition coefficient (Wildman–Crippen LogP) is 1.50. The summed E-state index contributed by atoms with van der Waals surface area (Å²) in [5.74, 6) is -0.468. The fourth-order valence-corrected chi connectivity index (χ4v) is 1.36. The molecule has 2 nitrogen and oxygen atoms in total. The minimum atomic E-state index is -2.59. The van der Waals surface area contributed by atoms with Crippen molar-refractivity contribution in [3.8, 4) is 0 Å². The first-order valence-electron chi connectivity index (χ1n) is 3.51. The normalized spacial score (nSPS) is 13.2. The number of halogens is 1. The molecule has 0 saturated heterocycles. The van der Waals surface area contributed by atoms with E-state index < -0.39 is 21.8 Å². The predicted molar refractivity (Wildman–Crippen MR) is 45.1 cm³/mol. The van der Waals surface area contributed by atoms with Crippen LogP contribution in [0.25, 0.3) is 0 Å². The van der Waals surface area contributed by atoms with Crippen LogP contribution in [0.1, 0.15) is 17.7 Å². The van der Waals surface area contributed by atoms with Gasteiger partial charge in [0.15, 0.2) is 0 Å². The van der Waals surface area contributed by atoms with Crippen LogP contribution in [0.2, 0.25) is 0 Å². The molecule has 0 amide bonds. The number of benzene rings is 1. The van der Waals surface area contributed by atoms with E-state index in [0.717, 1.165) is 0 Å². The second-order valence-corrected chi connectivity index (χ2v) is 3.83. The fourth-order valence-electron chi connectivity index (χ4n) is 0.927. The first-order valence-corrected chi connectivity index (χ1v) is 4.75. The van der Waals surface area contributed by atoms with E-state index >= 15 is 0 Å². The first-order chi connectivity index (χ1) is 5.63. The van der Waals surface area contributed by atoms with Crippen molar-refractivity contribution in [2.24, 2.45) is 0 Å². The lowest BCUT2D eigenvalue weighted by atomic mass is 10.1. The van der Waals surface area contributed by atoms with E-state index in [2.05, 4.69) is 0 Å². The van der Waals surface area contributed by atoms with Crippen LogP contribution in [-0.4, -0.2) is 8.42 Å². The molecule has 0 aliphatic rings. The second-order valence-electron chi connectivity index (χ2n) is 2.48. The smallest absolute Gasteiger partial charge is 0.146 e. The van der Waals surface area contributed by atoms with Crippen LogP contribution in [0, 0.1) is 5.82 Å². The zero-order valence-corrected chi connectivity index (χ0v) is 7.42. The van der Waals surface area contributed by atoms with E-state index in [4.69, 9.17) is 0 Å².